The molecule has 0 aromatic heterocycles. The van der Waals surface area contributed by atoms with Gasteiger partial charge in [0.15, 0.2) is 6.29 Å². The molecule has 2 fully saturated rings. The van der Waals surface area contributed by atoms with E-state index in [2.05, 4.69) is 0 Å². The van der Waals surface area contributed by atoms with Crippen molar-refractivity contribution >= 4 is 5.91 Å². The highest BCUT2D eigenvalue weighted by molar-refractivity contribution is 5.78. The van der Waals surface area contributed by atoms with Gasteiger partial charge in [-0.2, -0.15) is 0 Å². The number of likely N-dealkylation sites (N-methyl/N-ethyl adjacent to an activating group) is 1. The van der Waals surface area contributed by atoms with Gasteiger partial charge >= 0.3 is 0 Å². The van der Waals surface area contributed by atoms with Gasteiger partial charge in [0.1, 0.15) is 12.2 Å². The Labute approximate surface area is 160 Å². The summed E-state index contributed by atoms with van der Waals surface area (Å²) in [5.74, 6) is -0.307. The van der Waals surface area contributed by atoms with E-state index in [9.17, 15) is 9.90 Å². The summed E-state index contributed by atoms with van der Waals surface area (Å²) in [6, 6.07) is -1.65. The van der Waals surface area contributed by atoms with Gasteiger partial charge in [-0.1, -0.05) is 0 Å². The van der Waals surface area contributed by atoms with Gasteiger partial charge in [-0.3, -0.25) is 4.79 Å². The number of nitrogens with zero attached hydrogens (tertiary/aromatic N) is 1. The van der Waals surface area contributed by atoms with Gasteiger partial charge in [0.2, 0.25) is 5.91 Å². The molecule has 9 unspecified atom stereocenters. The minimum Gasteiger partial charge on any atom is -0.388 e. The van der Waals surface area contributed by atoms with Crippen molar-refractivity contribution in [2.24, 2.45) is 22.9 Å². The van der Waals surface area contributed by atoms with Crippen molar-refractivity contribution in [3.8, 4) is 0 Å². The molecule has 1 saturated heterocycles. The molecule has 0 aromatic carbocycles. The average molecular weight is 389 g/mol. The first-order chi connectivity index (χ1) is 12.7. The van der Waals surface area contributed by atoms with Crippen molar-refractivity contribution in [1.82, 2.24) is 4.90 Å². The lowest BCUT2D eigenvalue weighted by molar-refractivity contribution is -0.257. The molecule has 1 aliphatic heterocycles. The number of ether oxygens (including phenoxy) is 3. The highest BCUT2D eigenvalue weighted by atomic mass is 16.7. The van der Waals surface area contributed by atoms with E-state index in [1.807, 2.05) is 6.92 Å². The Bertz CT molecular complexity index is 496. The van der Waals surface area contributed by atoms with Gasteiger partial charge in [-0.25, -0.2) is 0 Å². The summed E-state index contributed by atoms with van der Waals surface area (Å²) in [5, 5.41) is 11.0. The number of amides is 1. The third-order valence-electron chi connectivity index (χ3n) is 5.63. The highest BCUT2D eigenvalue weighted by Gasteiger charge is 2.48. The van der Waals surface area contributed by atoms with Crippen LogP contribution < -0.4 is 22.9 Å². The third kappa shape index (κ3) is 4.96. The molecule has 1 aliphatic carbocycles. The molecule has 158 valence electrons. The minimum atomic E-state index is -1.08. The average Bonchev–Trinajstić information content (AvgIpc) is 2.64. The Balaban J connectivity index is 2.16. The van der Waals surface area contributed by atoms with E-state index in [4.69, 9.17) is 37.1 Å². The number of aliphatic hydroxyl groups is 1. The van der Waals surface area contributed by atoms with Gasteiger partial charge in [0.25, 0.3) is 0 Å². The van der Waals surface area contributed by atoms with Gasteiger partial charge < -0.3 is 47.2 Å². The van der Waals surface area contributed by atoms with Gasteiger partial charge in [0, 0.05) is 26.2 Å². The van der Waals surface area contributed by atoms with E-state index < -0.39 is 36.7 Å². The lowest BCUT2D eigenvalue weighted by atomic mass is 9.83. The largest absolute Gasteiger partial charge is 0.388 e. The zero-order valence-corrected chi connectivity index (χ0v) is 16.4. The summed E-state index contributed by atoms with van der Waals surface area (Å²) in [6.07, 6.45) is -1.32. The number of carbonyl (C=O) groups excluding carboxylic acids is 1. The molecule has 9 N–H and O–H groups in total. The third-order valence-corrected chi connectivity index (χ3v) is 5.63. The van der Waals surface area contributed by atoms with Crippen LogP contribution in [0, 0.1) is 0 Å². The molecule has 2 rings (SSSR count). The van der Waals surface area contributed by atoms with Crippen LogP contribution in [0.5, 0.6) is 0 Å². The Morgan fingerprint density at radius 3 is 2.56 bits per heavy atom. The fourth-order valence-corrected chi connectivity index (χ4v) is 3.92. The summed E-state index contributed by atoms with van der Waals surface area (Å²) in [4.78, 5) is 13.5. The number of hydrogen-bond acceptors (Lipinski definition) is 9. The molecule has 10 heteroatoms. The standard InChI is InChI=1S/C17H35N5O5/c1-8(19)11-5-4-9(20)17(26-11)27-16-10(21)6-12(25-3)14(15(16)24)22(2)13(23)7-18/h8-12,14-17,24H,4-7,18-21H2,1-3H3. The second-order valence-electron chi connectivity index (χ2n) is 7.61. The molecular weight excluding hydrogens is 354 g/mol. The zero-order chi connectivity index (χ0) is 20.3. The van der Waals surface area contributed by atoms with E-state index >= 15 is 0 Å². The summed E-state index contributed by atoms with van der Waals surface area (Å²) >= 11 is 0. The summed E-state index contributed by atoms with van der Waals surface area (Å²) in [6.45, 7) is 1.70. The van der Waals surface area contributed by atoms with E-state index in [-0.39, 0.29) is 30.6 Å². The summed E-state index contributed by atoms with van der Waals surface area (Å²) in [7, 11) is 3.10. The van der Waals surface area contributed by atoms with Crippen LogP contribution in [-0.2, 0) is 19.0 Å². The van der Waals surface area contributed by atoms with Crippen molar-refractivity contribution < 1.29 is 24.1 Å². The molecule has 0 aromatic rings. The zero-order valence-electron chi connectivity index (χ0n) is 16.4. The van der Waals surface area contributed by atoms with E-state index in [0.29, 0.717) is 12.8 Å². The maximum absolute atomic E-state index is 12.1. The lowest BCUT2D eigenvalue weighted by Crippen LogP contribution is -2.67. The first kappa shape index (κ1) is 22.4. The SMILES string of the molecule is COC1CC(N)C(OC2OC(C(C)N)CCC2N)C(O)C1N(C)C(=O)CN. The smallest absolute Gasteiger partial charge is 0.236 e. The first-order valence-electron chi connectivity index (χ1n) is 9.45. The predicted molar refractivity (Wildman–Crippen MR) is 99.4 cm³/mol. The van der Waals surface area contributed by atoms with Crippen LogP contribution in [0.3, 0.4) is 0 Å². The van der Waals surface area contributed by atoms with Crippen molar-refractivity contribution in [2.45, 2.75) is 81.1 Å². The monoisotopic (exact) mass is 389 g/mol. The Hall–Kier alpha value is -0.850. The van der Waals surface area contributed by atoms with E-state index in [1.54, 1.807) is 7.05 Å². The molecule has 0 spiro atoms. The lowest BCUT2D eigenvalue weighted by Gasteiger charge is -2.48. The molecule has 0 radical (unpaired) electrons. The summed E-state index contributed by atoms with van der Waals surface area (Å²) in [5.41, 5.74) is 23.8. The number of hydrogen-bond donors (Lipinski definition) is 5. The van der Waals surface area contributed by atoms with Crippen LogP contribution >= 0.6 is 0 Å². The van der Waals surface area contributed by atoms with Crippen molar-refractivity contribution in [3.05, 3.63) is 0 Å². The van der Waals surface area contributed by atoms with E-state index in [0.717, 1.165) is 6.42 Å². The fraction of sp³-hybridized carbons (Fsp3) is 0.941. The molecule has 2 aliphatic rings. The molecule has 27 heavy (non-hydrogen) atoms. The predicted octanol–water partition coefficient (Wildman–Crippen LogP) is -2.56. The van der Waals surface area contributed by atoms with Gasteiger partial charge in [-0.05, 0) is 26.2 Å². The summed E-state index contributed by atoms with van der Waals surface area (Å²) < 4.78 is 17.4. The highest BCUT2D eigenvalue weighted by Crippen LogP contribution is 2.30. The molecule has 1 amide bonds. The molecule has 0 bridgehead atoms. The van der Waals surface area contributed by atoms with Crippen LogP contribution in [-0.4, -0.2) is 91.5 Å². The number of aliphatic hydroxyl groups excluding tert-OH is 1. The maximum Gasteiger partial charge on any atom is 0.236 e. The second-order valence-corrected chi connectivity index (χ2v) is 7.61. The van der Waals surface area contributed by atoms with Crippen LogP contribution in [0.1, 0.15) is 26.2 Å². The number of methoxy groups -OCH3 is 1. The molecule has 1 saturated carbocycles. The molecular formula is C17H35N5O5. The van der Waals surface area contributed by atoms with Gasteiger partial charge in [-0.15, -0.1) is 0 Å². The van der Waals surface area contributed by atoms with Gasteiger partial charge in [0.05, 0.1) is 30.8 Å². The molecule has 10 nitrogen and oxygen atoms in total. The van der Waals surface area contributed by atoms with Crippen molar-refractivity contribution in [1.29, 1.82) is 0 Å². The Morgan fingerprint density at radius 1 is 1.33 bits per heavy atom. The van der Waals surface area contributed by atoms with Crippen LogP contribution in [0.15, 0.2) is 0 Å². The number of nitrogens with two attached hydrogens (primary N) is 4. The first-order valence-corrected chi connectivity index (χ1v) is 9.45. The topological polar surface area (TPSA) is 172 Å². The van der Waals surface area contributed by atoms with Crippen molar-refractivity contribution in [2.75, 3.05) is 20.7 Å². The quantitative estimate of drug-likeness (QED) is 0.327. The second kappa shape index (κ2) is 9.57. The number of rotatable bonds is 6. The van der Waals surface area contributed by atoms with Crippen LogP contribution in [0.4, 0.5) is 0 Å². The van der Waals surface area contributed by atoms with Crippen molar-refractivity contribution in [3.63, 3.8) is 0 Å². The maximum atomic E-state index is 12.1. The normalized spacial score (nSPS) is 41.2. The number of carbonyl (C=O) groups is 1. The fourth-order valence-electron chi connectivity index (χ4n) is 3.92. The minimum absolute atomic E-state index is 0.160. The van der Waals surface area contributed by atoms with Crippen LogP contribution in [0.25, 0.3) is 0 Å². The molecule has 9 atom stereocenters. The molecule has 1 heterocycles. The van der Waals surface area contributed by atoms with E-state index in [1.165, 1.54) is 12.0 Å². The Kier molecular flexibility index (Phi) is 7.95. The van der Waals surface area contributed by atoms with Crippen LogP contribution in [0.2, 0.25) is 0 Å². The Morgan fingerprint density at radius 2 is 2.00 bits per heavy atom.